The number of rotatable bonds is 7. The molecule has 0 unspecified atom stereocenters. The molecule has 1 heterocycles. The number of carboxylic acid groups (broad SMARTS) is 1. The van der Waals surface area contributed by atoms with E-state index in [2.05, 4.69) is 22.8 Å². The number of hydrazone groups is 1. The maximum Gasteiger partial charge on any atom is 0.371 e. The quantitative estimate of drug-likeness (QED) is 0.303. The molecule has 25 heavy (non-hydrogen) atoms. The Hall–Kier alpha value is -2.67. The average Bonchev–Trinajstić information content (AvgIpc) is 3.10. The fourth-order valence-electron chi connectivity index (χ4n) is 2.10. The van der Waals surface area contributed by atoms with Gasteiger partial charge in [0, 0.05) is 12.1 Å². The molecule has 132 valence electrons. The Kier molecular flexibility index (Phi) is 6.71. The number of unbranched alkanes of at least 4 members (excludes halogenated alkanes) is 1. The molecule has 2 rings (SSSR count). The molecule has 0 atom stereocenters. The van der Waals surface area contributed by atoms with Gasteiger partial charge in [-0.05, 0) is 43.3 Å². The van der Waals surface area contributed by atoms with Gasteiger partial charge in [0.25, 0.3) is 0 Å². The van der Waals surface area contributed by atoms with Gasteiger partial charge < -0.3 is 14.8 Å². The number of aromatic carboxylic acids is 1. The van der Waals surface area contributed by atoms with E-state index < -0.39 is 5.97 Å². The highest BCUT2D eigenvalue weighted by atomic mass is 32.1. The smallest absolute Gasteiger partial charge is 0.371 e. The van der Waals surface area contributed by atoms with Crippen LogP contribution in [0.15, 0.2) is 45.9 Å². The molecule has 3 N–H and O–H groups in total. The number of benzene rings is 1. The summed E-state index contributed by atoms with van der Waals surface area (Å²) in [5.41, 5.74) is 5.34. The Morgan fingerprint density at radius 1 is 1.24 bits per heavy atom. The van der Waals surface area contributed by atoms with Crippen LogP contribution >= 0.6 is 12.2 Å². The van der Waals surface area contributed by atoms with Crippen LogP contribution in [-0.2, 0) is 0 Å². The Labute approximate surface area is 151 Å². The number of thiocarbonyl (C=S) groups is 1. The molecule has 0 saturated heterocycles. The summed E-state index contributed by atoms with van der Waals surface area (Å²) >= 11 is 5.15. The second-order valence-corrected chi connectivity index (χ2v) is 5.87. The second kappa shape index (κ2) is 8.98. The van der Waals surface area contributed by atoms with E-state index in [1.807, 2.05) is 31.2 Å². The van der Waals surface area contributed by atoms with Gasteiger partial charge in [0.05, 0.1) is 5.71 Å². The molecule has 0 aliphatic rings. The van der Waals surface area contributed by atoms with E-state index in [4.69, 9.17) is 21.7 Å². The lowest BCUT2D eigenvalue weighted by molar-refractivity contribution is 0.0663. The van der Waals surface area contributed by atoms with Crippen molar-refractivity contribution >= 4 is 29.0 Å². The molecule has 6 nitrogen and oxygen atoms in total. The Bertz CT molecular complexity index is 766. The van der Waals surface area contributed by atoms with Crippen molar-refractivity contribution < 1.29 is 14.3 Å². The van der Waals surface area contributed by atoms with E-state index in [1.54, 1.807) is 6.07 Å². The SMILES string of the molecule is CCCCNC(=S)N/N=C(/C)c1ccc(-c2ccc(C(=O)O)o2)cc1. The summed E-state index contributed by atoms with van der Waals surface area (Å²) in [4.78, 5) is 10.9. The zero-order valence-electron chi connectivity index (χ0n) is 14.2. The minimum Gasteiger partial charge on any atom is -0.475 e. The van der Waals surface area contributed by atoms with E-state index in [9.17, 15) is 4.79 Å². The first-order valence-electron chi connectivity index (χ1n) is 8.03. The van der Waals surface area contributed by atoms with Gasteiger partial charge in [-0.25, -0.2) is 4.79 Å². The average molecular weight is 359 g/mol. The van der Waals surface area contributed by atoms with E-state index in [-0.39, 0.29) is 5.76 Å². The normalized spacial score (nSPS) is 11.2. The summed E-state index contributed by atoms with van der Waals surface area (Å²) in [5, 5.41) is 16.8. The highest BCUT2D eigenvalue weighted by Gasteiger charge is 2.10. The van der Waals surface area contributed by atoms with Crippen LogP contribution < -0.4 is 10.7 Å². The number of hydrogen-bond donors (Lipinski definition) is 3. The first kappa shape index (κ1) is 18.7. The van der Waals surface area contributed by atoms with Crippen LogP contribution in [0.1, 0.15) is 42.8 Å². The highest BCUT2D eigenvalue weighted by Crippen LogP contribution is 2.22. The zero-order valence-corrected chi connectivity index (χ0v) is 15.0. The van der Waals surface area contributed by atoms with Crippen LogP contribution in [0.4, 0.5) is 0 Å². The predicted octanol–water partition coefficient (Wildman–Crippen LogP) is 3.63. The Morgan fingerprint density at radius 2 is 1.96 bits per heavy atom. The molecule has 0 saturated carbocycles. The fourth-order valence-corrected chi connectivity index (χ4v) is 2.25. The lowest BCUT2D eigenvalue weighted by Crippen LogP contribution is -2.33. The second-order valence-electron chi connectivity index (χ2n) is 5.46. The van der Waals surface area contributed by atoms with E-state index in [1.165, 1.54) is 6.07 Å². The molecule has 2 aromatic rings. The van der Waals surface area contributed by atoms with E-state index >= 15 is 0 Å². The molecule has 0 fully saturated rings. The molecule has 0 aliphatic carbocycles. The maximum atomic E-state index is 10.9. The lowest BCUT2D eigenvalue weighted by Gasteiger charge is -2.07. The number of carboxylic acids is 1. The minimum atomic E-state index is -1.08. The number of nitrogens with one attached hydrogen (secondary N) is 2. The van der Waals surface area contributed by atoms with Crippen molar-refractivity contribution in [3.8, 4) is 11.3 Å². The maximum absolute atomic E-state index is 10.9. The van der Waals surface area contributed by atoms with Crippen LogP contribution in [0.2, 0.25) is 0 Å². The number of hydrogen-bond acceptors (Lipinski definition) is 4. The number of carbonyl (C=O) groups is 1. The Morgan fingerprint density at radius 3 is 2.56 bits per heavy atom. The molecular formula is C18H21N3O3S. The summed E-state index contributed by atoms with van der Waals surface area (Å²) in [6.45, 7) is 4.83. The predicted molar refractivity (Wildman–Crippen MR) is 102 cm³/mol. The monoisotopic (exact) mass is 359 g/mol. The third-order valence-corrected chi connectivity index (χ3v) is 3.78. The third kappa shape index (κ3) is 5.42. The summed E-state index contributed by atoms with van der Waals surface area (Å²) in [5.74, 6) is -0.650. The first-order valence-corrected chi connectivity index (χ1v) is 8.44. The number of nitrogens with zero attached hydrogens (tertiary/aromatic N) is 1. The van der Waals surface area contributed by atoms with Crippen molar-refractivity contribution in [3.63, 3.8) is 0 Å². The van der Waals surface area contributed by atoms with Crippen molar-refractivity contribution in [3.05, 3.63) is 47.7 Å². The molecule has 0 bridgehead atoms. The van der Waals surface area contributed by atoms with Crippen molar-refractivity contribution in [1.29, 1.82) is 0 Å². The van der Waals surface area contributed by atoms with Gasteiger partial charge in [-0.3, -0.25) is 5.43 Å². The van der Waals surface area contributed by atoms with Crippen molar-refractivity contribution in [2.45, 2.75) is 26.7 Å². The van der Waals surface area contributed by atoms with E-state index in [0.717, 1.165) is 36.2 Å². The van der Waals surface area contributed by atoms with Crippen LogP contribution in [0, 0.1) is 0 Å². The van der Waals surface area contributed by atoms with E-state index in [0.29, 0.717) is 10.9 Å². The molecule has 0 spiro atoms. The standard InChI is InChI=1S/C18H21N3O3S/c1-3-4-11-19-18(25)21-20-12(2)13-5-7-14(8-6-13)15-9-10-16(24-15)17(22)23/h5-10H,3-4,11H2,1-2H3,(H,22,23)(H2,19,21,25)/b20-12-. The number of furan rings is 1. The summed E-state index contributed by atoms with van der Waals surface area (Å²) in [7, 11) is 0. The Balaban J connectivity index is 1.99. The third-order valence-electron chi connectivity index (χ3n) is 3.55. The van der Waals surface area contributed by atoms with Gasteiger partial charge in [-0.1, -0.05) is 37.6 Å². The molecule has 0 aliphatic heterocycles. The molecular weight excluding hydrogens is 338 g/mol. The largest absolute Gasteiger partial charge is 0.475 e. The van der Waals surface area contributed by atoms with Crippen LogP contribution in [-0.4, -0.2) is 28.4 Å². The molecule has 0 amide bonds. The lowest BCUT2D eigenvalue weighted by atomic mass is 10.1. The van der Waals surface area contributed by atoms with Gasteiger partial charge in [0.1, 0.15) is 5.76 Å². The van der Waals surface area contributed by atoms with Gasteiger partial charge in [-0.2, -0.15) is 5.10 Å². The summed E-state index contributed by atoms with van der Waals surface area (Å²) in [6.07, 6.45) is 2.16. The fraction of sp³-hybridized carbons (Fsp3) is 0.278. The summed E-state index contributed by atoms with van der Waals surface area (Å²) in [6, 6.07) is 10.6. The van der Waals surface area contributed by atoms with Gasteiger partial charge in [0.15, 0.2) is 5.11 Å². The van der Waals surface area contributed by atoms with Crippen LogP contribution in [0.25, 0.3) is 11.3 Å². The van der Waals surface area contributed by atoms with Gasteiger partial charge in [0.2, 0.25) is 5.76 Å². The molecule has 7 heteroatoms. The van der Waals surface area contributed by atoms with Gasteiger partial charge in [-0.15, -0.1) is 0 Å². The van der Waals surface area contributed by atoms with Crippen molar-refractivity contribution in [2.24, 2.45) is 5.10 Å². The molecule has 1 aromatic heterocycles. The van der Waals surface area contributed by atoms with Crippen LogP contribution in [0.3, 0.4) is 0 Å². The first-order chi connectivity index (χ1) is 12.0. The zero-order chi connectivity index (χ0) is 18.2. The summed E-state index contributed by atoms with van der Waals surface area (Å²) < 4.78 is 5.29. The molecule has 1 aromatic carbocycles. The topological polar surface area (TPSA) is 86.9 Å². The van der Waals surface area contributed by atoms with Crippen molar-refractivity contribution in [1.82, 2.24) is 10.7 Å². The highest BCUT2D eigenvalue weighted by molar-refractivity contribution is 7.80. The minimum absolute atomic E-state index is 0.0786. The molecule has 0 radical (unpaired) electrons. The van der Waals surface area contributed by atoms with Gasteiger partial charge >= 0.3 is 5.97 Å². The van der Waals surface area contributed by atoms with Crippen LogP contribution in [0.5, 0.6) is 0 Å². The van der Waals surface area contributed by atoms with Crippen molar-refractivity contribution in [2.75, 3.05) is 6.54 Å².